The molecule has 0 unspecified atom stereocenters. The molecule has 5 N–H and O–H groups in total. The maximum Gasteiger partial charge on any atom is 0.238 e. The minimum atomic E-state index is -0.291. The number of rotatable bonds is 10. The van der Waals surface area contributed by atoms with Gasteiger partial charge in [0.2, 0.25) is 17.7 Å². The molecule has 1 aliphatic heterocycles. The Balaban J connectivity index is 1.65. The number of aromatic nitrogens is 2. The zero-order valence-electron chi connectivity index (χ0n) is 17.6. The Kier molecular flexibility index (Phi) is 8.21. The number of nitrogens with one attached hydrogen (secondary N) is 2. The van der Waals surface area contributed by atoms with E-state index in [9.17, 15) is 9.90 Å². The normalized spacial score (nSPS) is 16.9. The van der Waals surface area contributed by atoms with Gasteiger partial charge in [0.1, 0.15) is 11.8 Å². The molecule has 1 aromatic carbocycles. The highest BCUT2D eigenvalue weighted by molar-refractivity contribution is 5.79. The number of hydrogen-bond donors (Lipinski definition) is 4. The highest BCUT2D eigenvalue weighted by atomic mass is 16.4. The molecule has 8 nitrogen and oxygen atoms in total. The summed E-state index contributed by atoms with van der Waals surface area (Å²) in [6.45, 7) is 4.39. The fraction of sp³-hybridized carbons (Fsp3) is 0.591. The summed E-state index contributed by atoms with van der Waals surface area (Å²) in [6, 6.07) is 6.83. The van der Waals surface area contributed by atoms with Crippen LogP contribution in [0.5, 0.6) is 5.75 Å². The van der Waals surface area contributed by atoms with Crippen molar-refractivity contribution in [2.45, 2.75) is 57.4 Å². The molecular weight excluding hydrogens is 382 g/mol. The minimum absolute atomic E-state index is 0.0269. The average Bonchev–Trinajstić information content (AvgIpc) is 3.26. The summed E-state index contributed by atoms with van der Waals surface area (Å²) >= 11 is 0. The molecule has 1 fully saturated rings. The van der Waals surface area contributed by atoms with E-state index in [1.54, 1.807) is 12.1 Å². The lowest BCUT2D eigenvalue weighted by Gasteiger charge is -2.24. The zero-order chi connectivity index (χ0) is 21.3. The Bertz CT molecular complexity index is 786. The summed E-state index contributed by atoms with van der Waals surface area (Å²) in [5, 5.41) is 24.4. The van der Waals surface area contributed by atoms with Crippen LogP contribution in [0, 0.1) is 5.92 Å². The van der Waals surface area contributed by atoms with Gasteiger partial charge in [-0.25, -0.2) is 0 Å². The first-order valence-corrected chi connectivity index (χ1v) is 10.9. The van der Waals surface area contributed by atoms with Crippen LogP contribution in [0.25, 0.3) is 0 Å². The van der Waals surface area contributed by atoms with Crippen molar-refractivity contribution in [3.63, 3.8) is 0 Å². The number of carbonyl (C=O) groups excluding carboxylic acids is 1. The van der Waals surface area contributed by atoms with Crippen molar-refractivity contribution in [2.75, 3.05) is 19.6 Å². The number of aromatic hydroxyl groups is 1. The number of benzene rings is 1. The molecule has 0 aliphatic carbocycles. The lowest BCUT2D eigenvalue weighted by atomic mass is 9.96. The van der Waals surface area contributed by atoms with Crippen LogP contribution in [-0.4, -0.2) is 40.8 Å². The second-order valence-electron chi connectivity index (χ2n) is 8.12. The van der Waals surface area contributed by atoms with Crippen LogP contribution in [0.1, 0.15) is 68.3 Å². The van der Waals surface area contributed by atoms with E-state index in [0.717, 1.165) is 57.2 Å². The van der Waals surface area contributed by atoms with Crippen LogP contribution in [-0.2, 0) is 11.2 Å². The highest BCUT2D eigenvalue weighted by Gasteiger charge is 2.27. The third-order valence-electron chi connectivity index (χ3n) is 5.63. The molecule has 0 bridgehead atoms. The van der Waals surface area contributed by atoms with Crippen molar-refractivity contribution < 1.29 is 14.3 Å². The van der Waals surface area contributed by atoms with Crippen LogP contribution in [0.4, 0.5) is 0 Å². The van der Waals surface area contributed by atoms with Gasteiger partial charge in [0.25, 0.3) is 0 Å². The van der Waals surface area contributed by atoms with Crippen molar-refractivity contribution in [3.8, 4) is 5.75 Å². The number of carbonyl (C=O) groups is 1. The molecule has 0 radical (unpaired) electrons. The molecule has 30 heavy (non-hydrogen) atoms. The molecule has 2 aromatic rings. The molecule has 0 spiro atoms. The topological polar surface area (TPSA) is 126 Å². The second-order valence-corrected chi connectivity index (χ2v) is 8.12. The second kappa shape index (κ2) is 11.1. The molecule has 8 heteroatoms. The van der Waals surface area contributed by atoms with Crippen LogP contribution in [0.3, 0.4) is 0 Å². The first-order chi connectivity index (χ1) is 14.6. The third-order valence-corrected chi connectivity index (χ3v) is 5.63. The van der Waals surface area contributed by atoms with Gasteiger partial charge in [-0.1, -0.05) is 19.1 Å². The van der Waals surface area contributed by atoms with Gasteiger partial charge in [0.05, 0.1) is 0 Å². The number of phenols is 1. The molecule has 2 heterocycles. The minimum Gasteiger partial charge on any atom is -0.508 e. The fourth-order valence-corrected chi connectivity index (χ4v) is 3.78. The van der Waals surface area contributed by atoms with Gasteiger partial charge in [0.15, 0.2) is 0 Å². The smallest absolute Gasteiger partial charge is 0.238 e. The lowest BCUT2D eigenvalue weighted by molar-refractivity contribution is -0.126. The van der Waals surface area contributed by atoms with Crippen molar-refractivity contribution in [2.24, 2.45) is 11.7 Å². The van der Waals surface area contributed by atoms with Gasteiger partial charge in [0, 0.05) is 11.8 Å². The van der Waals surface area contributed by atoms with E-state index in [1.165, 1.54) is 0 Å². The van der Waals surface area contributed by atoms with Crippen LogP contribution in [0.2, 0.25) is 0 Å². The number of nitrogens with zero attached hydrogens (tertiary/aromatic N) is 2. The van der Waals surface area contributed by atoms with E-state index in [2.05, 4.69) is 20.8 Å². The lowest BCUT2D eigenvalue weighted by Crippen LogP contribution is -2.39. The predicted molar refractivity (Wildman–Crippen MR) is 114 cm³/mol. The largest absolute Gasteiger partial charge is 0.508 e. The van der Waals surface area contributed by atoms with Gasteiger partial charge in [-0.2, -0.15) is 0 Å². The van der Waals surface area contributed by atoms with Crippen molar-refractivity contribution >= 4 is 5.91 Å². The Morgan fingerprint density at radius 1 is 1.23 bits per heavy atom. The summed E-state index contributed by atoms with van der Waals surface area (Å²) in [4.78, 5) is 12.8. The van der Waals surface area contributed by atoms with E-state index in [-0.39, 0.29) is 29.5 Å². The number of hydrogen-bond acceptors (Lipinski definition) is 7. The number of piperidine rings is 1. The molecule has 164 valence electrons. The number of amides is 1. The van der Waals surface area contributed by atoms with Gasteiger partial charge >= 0.3 is 0 Å². The summed E-state index contributed by atoms with van der Waals surface area (Å²) in [7, 11) is 0. The van der Waals surface area contributed by atoms with Gasteiger partial charge in [-0.3, -0.25) is 4.79 Å². The van der Waals surface area contributed by atoms with Crippen LogP contribution in [0.15, 0.2) is 28.7 Å². The highest BCUT2D eigenvalue weighted by Crippen LogP contribution is 2.25. The molecule has 3 rings (SSSR count). The van der Waals surface area contributed by atoms with E-state index in [4.69, 9.17) is 10.2 Å². The van der Waals surface area contributed by atoms with E-state index >= 15 is 0 Å². The zero-order valence-corrected chi connectivity index (χ0v) is 17.6. The maximum atomic E-state index is 12.8. The summed E-state index contributed by atoms with van der Waals surface area (Å²) < 4.78 is 5.99. The van der Waals surface area contributed by atoms with E-state index in [1.807, 2.05) is 19.1 Å². The van der Waals surface area contributed by atoms with Crippen molar-refractivity contribution in [1.29, 1.82) is 0 Å². The Labute approximate surface area is 177 Å². The quantitative estimate of drug-likeness (QED) is 0.439. The van der Waals surface area contributed by atoms with Crippen LogP contribution >= 0.6 is 0 Å². The summed E-state index contributed by atoms with van der Waals surface area (Å²) in [5.41, 5.74) is 6.72. The number of nitrogens with two attached hydrogens (primary N) is 1. The Hall–Kier alpha value is -2.45. The maximum absolute atomic E-state index is 12.8. The monoisotopic (exact) mass is 415 g/mol. The fourth-order valence-electron chi connectivity index (χ4n) is 3.78. The number of unbranched alkanes of at least 4 members (excludes halogenated alkanes) is 1. The SMILES string of the molecule is C[C@@H](Cc1ccc(O)cc1)c1nnc([C@H](CCCCN)NC(=O)C2CCNCC2)o1. The standard InChI is InChI=1S/C22H33N5O3/c1-15(14-16-5-7-18(28)8-6-16)21-26-27-22(30-21)19(4-2-3-11-23)25-20(29)17-9-12-24-13-10-17/h5-8,15,17,19,24,28H,2-4,9-14,23H2,1H3,(H,25,29)/t15-,19-/m0/s1. The predicted octanol–water partition coefficient (Wildman–Crippen LogP) is 2.41. The Morgan fingerprint density at radius 2 is 1.93 bits per heavy atom. The molecular formula is C22H33N5O3. The first kappa shape index (κ1) is 22.2. The van der Waals surface area contributed by atoms with Crippen molar-refractivity contribution in [1.82, 2.24) is 20.8 Å². The van der Waals surface area contributed by atoms with Gasteiger partial charge < -0.3 is 25.9 Å². The van der Waals surface area contributed by atoms with E-state index < -0.39 is 0 Å². The van der Waals surface area contributed by atoms with Crippen LogP contribution < -0.4 is 16.4 Å². The third kappa shape index (κ3) is 6.27. The average molecular weight is 416 g/mol. The summed E-state index contributed by atoms with van der Waals surface area (Å²) in [5.74, 6) is 1.38. The molecule has 1 saturated heterocycles. The summed E-state index contributed by atoms with van der Waals surface area (Å²) in [6.07, 6.45) is 4.91. The van der Waals surface area contributed by atoms with Gasteiger partial charge in [-0.15, -0.1) is 10.2 Å². The van der Waals surface area contributed by atoms with Gasteiger partial charge in [-0.05, 0) is 75.9 Å². The molecule has 2 atom stereocenters. The van der Waals surface area contributed by atoms with E-state index in [0.29, 0.717) is 18.3 Å². The molecule has 1 amide bonds. The Morgan fingerprint density at radius 3 is 2.63 bits per heavy atom. The number of phenolic OH excluding ortho intramolecular Hbond substituents is 1. The first-order valence-electron chi connectivity index (χ1n) is 10.9. The molecule has 1 aromatic heterocycles. The molecule has 0 saturated carbocycles. The molecule has 1 aliphatic rings. The van der Waals surface area contributed by atoms with Crippen molar-refractivity contribution in [3.05, 3.63) is 41.6 Å².